The average Bonchev–Trinajstić information content (AvgIpc) is 2.05. The van der Waals surface area contributed by atoms with Crippen LogP contribution in [-0.2, 0) is 0 Å². The third kappa shape index (κ3) is 6.41. The summed E-state index contributed by atoms with van der Waals surface area (Å²) in [6, 6.07) is 9.10. The zero-order valence-corrected chi connectivity index (χ0v) is 6.64. The first kappa shape index (κ1) is 10.3. The summed E-state index contributed by atoms with van der Waals surface area (Å²) >= 11 is 0. The van der Waals surface area contributed by atoms with Crippen molar-refractivity contribution in [3.05, 3.63) is 46.0 Å². The highest BCUT2D eigenvalue weighted by atomic mass is 16.6. The predicted molar refractivity (Wildman–Crippen MR) is 44.7 cm³/mol. The van der Waals surface area contributed by atoms with Crippen molar-refractivity contribution in [3.63, 3.8) is 0 Å². The third-order valence-electron chi connectivity index (χ3n) is 0.936. The Bertz CT molecular complexity index is 242. The Balaban J connectivity index is 0.000000261. The zero-order valence-electron chi connectivity index (χ0n) is 6.64. The maximum Gasteiger partial charge on any atom is 0.194 e. The van der Waals surface area contributed by atoms with Crippen LogP contribution < -0.4 is 0 Å². The lowest BCUT2D eigenvalue weighted by Crippen LogP contribution is -1.79. The molecule has 0 fully saturated rings. The quantitative estimate of drug-likeness (QED) is 0.360. The van der Waals surface area contributed by atoms with Crippen molar-refractivity contribution in [2.24, 2.45) is 0 Å². The van der Waals surface area contributed by atoms with Crippen molar-refractivity contribution < 1.29 is 9.72 Å². The second kappa shape index (κ2) is 6.03. The SMILES string of the molecule is C[N+](=O)[O-].O=Cc1ccccc1. The van der Waals surface area contributed by atoms with E-state index in [0.29, 0.717) is 0 Å². The van der Waals surface area contributed by atoms with E-state index in [2.05, 4.69) is 0 Å². The second-order valence-electron chi connectivity index (χ2n) is 1.97. The molecule has 0 saturated carbocycles. The Kier molecular flexibility index (Phi) is 5.17. The van der Waals surface area contributed by atoms with Crippen LogP contribution >= 0.6 is 0 Å². The molecular weight excluding hydrogens is 158 g/mol. The first-order valence-corrected chi connectivity index (χ1v) is 3.25. The molecule has 0 aromatic heterocycles. The lowest BCUT2D eigenvalue weighted by molar-refractivity contribution is -0.445. The summed E-state index contributed by atoms with van der Waals surface area (Å²) in [5.41, 5.74) is 0.729. The molecule has 64 valence electrons. The lowest BCUT2D eigenvalue weighted by atomic mass is 10.2. The van der Waals surface area contributed by atoms with Crippen molar-refractivity contribution >= 4 is 6.29 Å². The minimum absolute atomic E-state index is 0.500. The maximum atomic E-state index is 10.0. The minimum atomic E-state index is -0.500. The van der Waals surface area contributed by atoms with Gasteiger partial charge in [0.05, 0.1) is 0 Å². The van der Waals surface area contributed by atoms with Gasteiger partial charge in [-0.15, -0.1) is 0 Å². The molecule has 0 aliphatic rings. The van der Waals surface area contributed by atoms with Gasteiger partial charge in [0.2, 0.25) is 0 Å². The lowest BCUT2D eigenvalue weighted by Gasteiger charge is -1.81. The Morgan fingerprint density at radius 3 is 2.00 bits per heavy atom. The summed E-state index contributed by atoms with van der Waals surface area (Å²) in [6.45, 7) is 0. The number of nitrogens with zero attached hydrogens (tertiary/aromatic N) is 1. The van der Waals surface area contributed by atoms with Gasteiger partial charge in [-0.2, -0.15) is 0 Å². The molecule has 0 radical (unpaired) electrons. The van der Waals surface area contributed by atoms with E-state index >= 15 is 0 Å². The summed E-state index contributed by atoms with van der Waals surface area (Å²) in [5.74, 6) is 0. The van der Waals surface area contributed by atoms with E-state index in [-0.39, 0.29) is 0 Å². The molecule has 0 atom stereocenters. The van der Waals surface area contributed by atoms with Crippen LogP contribution in [0.3, 0.4) is 0 Å². The average molecular weight is 167 g/mol. The molecule has 0 saturated heterocycles. The van der Waals surface area contributed by atoms with Gasteiger partial charge in [0.15, 0.2) is 7.05 Å². The highest BCUT2D eigenvalue weighted by molar-refractivity contribution is 5.74. The topological polar surface area (TPSA) is 60.2 Å². The number of carbonyl (C=O) groups is 1. The highest BCUT2D eigenvalue weighted by Gasteiger charge is 1.79. The van der Waals surface area contributed by atoms with E-state index in [1.807, 2.05) is 18.2 Å². The molecule has 0 heterocycles. The van der Waals surface area contributed by atoms with Gasteiger partial charge in [-0.25, -0.2) is 0 Å². The van der Waals surface area contributed by atoms with E-state index in [1.54, 1.807) is 12.1 Å². The molecule has 1 aromatic rings. The van der Waals surface area contributed by atoms with E-state index in [4.69, 9.17) is 10.1 Å². The molecule has 12 heavy (non-hydrogen) atoms. The van der Waals surface area contributed by atoms with Gasteiger partial charge in [-0.3, -0.25) is 14.9 Å². The van der Waals surface area contributed by atoms with Crippen LogP contribution in [0.1, 0.15) is 10.4 Å². The van der Waals surface area contributed by atoms with Gasteiger partial charge in [-0.05, 0) is 0 Å². The number of aldehydes is 1. The number of benzene rings is 1. The van der Waals surface area contributed by atoms with E-state index in [0.717, 1.165) is 18.9 Å². The number of rotatable bonds is 1. The maximum absolute atomic E-state index is 10.0. The van der Waals surface area contributed by atoms with Crippen LogP contribution in [0.5, 0.6) is 0 Å². The van der Waals surface area contributed by atoms with Gasteiger partial charge in [0.1, 0.15) is 6.29 Å². The number of carbonyl (C=O) groups excluding carboxylic acids is 1. The zero-order chi connectivity index (χ0) is 9.40. The largest absolute Gasteiger partial charge is 0.298 e. The fourth-order valence-electron chi connectivity index (χ4n) is 0.532. The van der Waals surface area contributed by atoms with Crippen LogP contribution in [0.25, 0.3) is 0 Å². The standard InChI is InChI=1S/C7H6O.CH3NO2/c8-6-7-4-2-1-3-5-7;1-2(3)4/h1-6H;1H3. The second-order valence-corrected chi connectivity index (χ2v) is 1.97. The fourth-order valence-corrected chi connectivity index (χ4v) is 0.532. The number of hydrogen-bond donors (Lipinski definition) is 0. The number of hydrogen-bond acceptors (Lipinski definition) is 3. The molecule has 0 amide bonds. The number of nitro groups is 1. The molecule has 0 spiro atoms. The highest BCUT2D eigenvalue weighted by Crippen LogP contribution is 1.91. The monoisotopic (exact) mass is 167 g/mol. The molecule has 0 aliphatic heterocycles. The Morgan fingerprint density at radius 1 is 1.33 bits per heavy atom. The van der Waals surface area contributed by atoms with Crippen LogP contribution in [-0.4, -0.2) is 18.3 Å². The fraction of sp³-hybridized carbons (Fsp3) is 0.125. The van der Waals surface area contributed by atoms with Gasteiger partial charge < -0.3 is 0 Å². The van der Waals surface area contributed by atoms with Crippen LogP contribution in [0.4, 0.5) is 0 Å². The Hall–Kier alpha value is -1.71. The van der Waals surface area contributed by atoms with Crippen molar-refractivity contribution in [2.75, 3.05) is 7.05 Å². The molecule has 0 N–H and O–H groups in total. The first-order chi connectivity index (χ1) is 5.66. The minimum Gasteiger partial charge on any atom is -0.298 e. The molecule has 0 bridgehead atoms. The summed E-state index contributed by atoms with van der Waals surface area (Å²) in [5, 5.41) is 8.81. The third-order valence-corrected chi connectivity index (χ3v) is 0.936. The van der Waals surface area contributed by atoms with Crippen molar-refractivity contribution in [2.45, 2.75) is 0 Å². The van der Waals surface area contributed by atoms with Gasteiger partial charge in [0, 0.05) is 10.5 Å². The molecule has 4 nitrogen and oxygen atoms in total. The molecule has 0 aliphatic carbocycles. The van der Waals surface area contributed by atoms with Gasteiger partial charge in [0.25, 0.3) is 0 Å². The normalized spacial score (nSPS) is 7.75. The van der Waals surface area contributed by atoms with Crippen LogP contribution in [0, 0.1) is 10.1 Å². The Morgan fingerprint density at radius 2 is 1.75 bits per heavy atom. The summed E-state index contributed by atoms with van der Waals surface area (Å²) in [7, 11) is 0.889. The summed E-state index contributed by atoms with van der Waals surface area (Å²) < 4.78 is 0. The van der Waals surface area contributed by atoms with E-state index < -0.39 is 4.92 Å². The van der Waals surface area contributed by atoms with Gasteiger partial charge >= 0.3 is 0 Å². The molecule has 0 unspecified atom stereocenters. The predicted octanol–water partition coefficient (Wildman–Crippen LogP) is 1.39. The first-order valence-electron chi connectivity index (χ1n) is 3.25. The smallest absolute Gasteiger partial charge is 0.194 e. The Labute approximate surface area is 70.0 Å². The molecule has 1 rings (SSSR count). The van der Waals surface area contributed by atoms with E-state index in [9.17, 15) is 4.79 Å². The van der Waals surface area contributed by atoms with E-state index in [1.165, 1.54) is 0 Å². The van der Waals surface area contributed by atoms with Crippen molar-refractivity contribution in [3.8, 4) is 0 Å². The van der Waals surface area contributed by atoms with Crippen LogP contribution in [0.15, 0.2) is 30.3 Å². The van der Waals surface area contributed by atoms with Gasteiger partial charge in [-0.1, -0.05) is 30.3 Å². The van der Waals surface area contributed by atoms with Crippen LogP contribution in [0.2, 0.25) is 0 Å². The van der Waals surface area contributed by atoms with Crippen molar-refractivity contribution in [1.29, 1.82) is 0 Å². The summed E-state index contributed by atoms with van der Waals surface area (Å²) in [6.07, 6.45) is 0.833. The molecular formula is C8H9NO3. The van der Waals surface area contributed by atoms with Crippen molar-refractivity contribution in [1.82, 2.24) is 0 Å². The molecule has 1 aromatic carbocycles. The summed E-state index contributed by atoms with van der Waals surface area (Å²) in [4.78, 5) is 18.3. The molecule has 4 heteroatoms.